The van der Waals surface area contributed by atoms with Crippen molar-refractivity contribution in [1.29, 1.82) is 0 Å². The van der Waals surface area contributed by atoms with Crippen molar-refractivity contribution in [3.63, 3.8) is 0 Å². The summed E-state index contributed by atoms with van der Waals surface area (Å²) in [4.78, 5) is 0. The molecule has 21 heavy (non-hydrogen) atoms. The van der Waals surface area contributed by atoms with Gasteiger partial charge < -0.3 is 15.2 Å². The lowest BCUT2D eigenvalue weighted by molar-refractivity contribution is 0.302. The maximum absolute atomic E-state index is 13.2. The smallest absolute Gasteiger partial charge is 0.137 e. The van der Waals surface area contributed by atoms with E-state index in [0.29, 0.717) is 24.0 Å². The summed E-state index contributed by atoms with van der Waals surface area (Å²) >= 11 is 3.17. The predicted molar refractivity (Wildman–Crippen MR) is 84.2 cm³/mol. The van der Waals surface area contributed by atoms with Crippen LogP contribution in [0, 0.1) is 5.82 Å². The minimum atomic E-state index is -0.285. The summed E-state index contributed by atoms with van der Waals surface area (Å²) in [5.74, 6) is 1.25. The number of methoxy groups -OCH3 is 1. The lowest BCUT2D eigenvalue weighted by atomic mass is 10.1. The number of benzene rings is 2. The maximum atomic E-state index is 13.2. The van der Waals surface area contributed by atoms with E-state index in [0.717, 1.165) is 22.6 Å². The quantitative estimate of drug-likeness (QED) is 0.861. The minimum absolute atomic E-state index is 0.285. The molecule has 0 aliphatic heterocycles. The summed E-state index contributed by atoms with van der Waals surface area (Å²) in [5.41, 5.74) is 7.51. The van der Waals surface area contributed by atoms with E-state index in [9.17, 15) is 4.39 Å². The molecule has 3 nitrogen and oxygen atoms in total. The third kappa shape index (κ3) is 4.19. The monoisotopic (exact) mass is 353 g/mol. The molecular weight excluding hydrogens is 337 g/mol. The Balaban J connectivity index is 2.13. The molecule has 0 bridgehead atoms. The zero-order chi connectivity index (χ0) is 15.2. The molecule has 0 amide bonds. The Kier molecular flexibility index (Phi) is 5.59. The molecule has 5 heteroatoms. The Labute approximate surface area is 132 Å². The van der Waals surface area contributed by atoms with Crippen LogP contribution >= 0.6 is 15.9 Å². The van der Waals surface area contributed by atoms with Gasteiger partial charge in [0.2, 0.25) is 0 Å². The van der Waals surface area contributed by atoms with Gasteiger partial charge in [-0.3, -0.25) is 0 Å². The number of rotatable bonds is 6. The highest BCUT2D eigenvalue weighted by molar-refractivity contribution is 9.10. The van der Waals surface area contributed by atoms with Gasteiger partial charge in [0.1, 0.15) is 23.9 Å². The van der Waals surface area contributed by atoms with Gasteiger partial charge in [-0.25, -0.2) is 4.39 Å². The van der Waals surface area contributed by atoms with E-state index in [1.165, 1.54) is 6.07 Å². The Hall–Kier alpha value is -1.59. The van der Waals surface area contributed by atoms with Crippen LogP contribution in [0.1, 0.15) is 11.1 Å². The van der Waals surface area contributed by atoms with Gasteiger partial charge in [-0.2, -0.15) is 0 Å². The van der Waals surface area contributed by atoms with E-state index in [2.05, 4.69) is 15.9 Å². The number of nitrogens with two attached hydrogens (primary N) is 1. The molecule has 0 aliphatic rings. The van der Waals surface area contributed by atoms with Crippen molar-refractivity contribution in [3.8, 4) is 11.5 Å². The zero-order valence-electron chi connectivity index (χ0n) is 11.7. The zero-order valence-corrected chi connectivity index (χ0v) is 13.3. The first-order valence-electron chi connectivity index (χ1n) is 6.57. The van der Waals surface area contributed by atoms with Crippen LogP contribution in [0.5, 0.6) is 11.5 Å². The topological polar surface area (TPSA) is 44.5 Å². The molecule has 2 rings (SSSR count). The van der Waals surface area contributed by atoms with Crippen molar-refractivity contribution in [2.24, 2.45) is 5.73 Å². The Morgan fingerprint density at radius 3 is 2.67 bits per heavy atom. The summed E-state index contributed by atoms with van der Waals surface area (Å²) < 4.78 is 24.6. The molecule has 2 N–H and O–H groups in total. The number of hydrogen-bond acceptors (Lipinski definition) is 3. The normalized spacial score (nSPS) is 10.5. The molecule has 0 atom stereocenters. The highest BCUT2D eigenvalue weighted by Crippen LogP contribution is 2.26. The Morgan fingerprint density at radius 2 is 2.00 bits per heavy atom. The van der Waals surface area contributed by atoms with Crippen molar-refractivity contribution in [2.45, 2.75) is 13.0 Å². The van der Waals surface area contributed by atoms with Crippen LogP contribution in [0.3, 0.4) is 0 Å². The van der Waals surface area contributed by atoms with Crippen LogP contribution in [0.25, 0.3) is 0 Å². The van der Waals surface area contributed by atoms with Gasteiger partial charge in [0.15, 0.2) is 0 Å². The number of hydrogen-bond donors (Lipinski definition) is 1. The van der Waals surface area contributed by atoms with Gasteiger partial charge in [0.05, 0.1) is 11.6 Å². The molecule has 0 saturated heterocycles. The van der Waals surface area contributed by atoms with E-state index in [4.69, 9.17) is 15.2 Å². The summed E-state index contributed by atoms with van der Waals surface area (Å²) in [6.07, 6.45) is 0.708. The molecule has 0 spiro atoms. The van der Waals surface area contributed by atoms with Gasteiger partial charge in [-0.15, -0.1) is 0 Å². The van der Waals surface area contributed by atoms with Crippen molar-refractivity contribution in [3.05, 3.63) is 57.8 Å². The van der Waals surface area contributed by atoms with E-state index >= 15 is 0 Å². The van der Waals surface area contributed by atoms with Gasteiger partial charge in [-0.05, 0) is 70.4 Å². The highest BCUT2D eigenvalue weighted by atomic mass is 79.9. The van der Waals surface area contributed by atoms with Gasteiger partial charge >= 0.3 is 0 Å². The molecular formula is C16H17BrFNO2. The average molecular weight is 354 g/mol. The lowest BCUT2D eigenvalue weighted by Crippen LogP contribution is -2.06. The molecule has 112 valence electrons. The minimum Gasteiger partial charge on any atom is -0.497 e. The molecule has 0 aliphatic carbocycles. The van der Waals surface area contributed by atoms with E-state index in [1.54, 1.807) is 19.2 Å². The van der Waals surface area contributed by atoms with Crippen LogP contribution in [0.15, 0.2) is 40.9 Å². The average Bonchev–Trinajstić information content (AvgIpc) is 2.49. The van der Waals surface area contributed by atoms with Crippen LogP contribution in [-0.4, -0.2) is 13.7 Å². The van der Waals surface area contributed by atoms with Crippen molar-refractivity contribution in [2.75, 3.05) is 13.7 Å². The molecule has 0 fully saturated rings. The Bertz CT molecular complexity index is 619. The fourth-order valence-electron chi connectivity index (χ4n) is 1.96. The summed E-state index contributed by atoms with van der Waals surface area (Å²) in [6.45, 7) is 0.897. The van der Waals surface area contributed by atoms with E-state index in [1.807, 2.05) is 18.2 Å². The molecule has 2 aromatic rings. The molecule has 0 unspecified atom stereocenters. The lowest BCUT2D eigenvalue weighted by Gasteiger charge is -2.13. The van der Waals surface area contributed by atoms with Crippen LogP contribution in [0.4, 0.5) is 4.39 Å². The molecule has 0 aromatic heterocycles. The van der Waals surface area contributed by atoms with E-state index < -0.39 is 0 Å². The van der Waals surface area contributed by atoms with Gasteiger partial charge in [0, 0.05) is 0 Å². The highest BCUT2D eigenvalue weighted by Gasteiger charge is 2.07. The predicted octanol–water partition coefficient (Wildman–Crippen LogP) is 3.68. The number of halogens is 2. The summed E-state index contributed by atoms with van der Waals surface area (Å²) in [5, 5.41) is 0. The third-order valence-electron chi connectivity index (χ3n) is 3.06. The molecule has 0 radical (unpaired) electrons. The van der Waals surface area contributed by atoms with Crippen molar-refractivity contribution < 1.29 is 13.9 Å². The largest absolute Gasteiger partial charge is 0.497 e. The van der Waals surface area contributed by atoms with Crippen molar-refractivity contribution >= 4 is 15.9 Å². The molecule has 0 heterocycles. The Morgan fingerprint density at radius 1 is 1.19 bits per heavy atom. The van der Waals surface area contributed by atoms with Crippen LogP contribution < -0.4 is 15.2 Å². The fourth-order valence-corrected chi connectivity index (χ4v) is 2.39. The summed E-state index contributed by atoms with van der Waals surface area (Å²) in [7, 11) is 1.62. The SMILES string of the molecule is COc1ccc(OCc2ccc(F)c(Br)c2)c(CCN)c1. The third-order valence-corrected chi connectivity index (χ3v) is 3.67. The second-order valence-corrected chi connectivity index (χ2v) is 5.40. The van der Waals surface area contributed by atoms with Crippen molar-refractivity contribution in [1.82, 2.24) is 0 Å². The first-order chi connectivity index (χ1) is 10.1. The van der Waals surface area contributed by atoms with Crippen LogP contribution in [0.2, 0.25) is 0 Å². The molecule has 2 aromatic carbocycles. The van der Waals surface area contributed by atoms with E-state index in [-0.39, 0.29) is 5.82 Å². The van der Waals surface area contributed by atoms with Crippen LogP contribution in [-0.2, 0) is 13.0 Å². The number of ether oxygens (including phenoxy) is 2. The summed E-state index contributed by atoms with van der Waals surface area (Å²) in [6, 6.07) is 10.5. The maximum Gasteiger partial charge on any atom is 0.137 e. The second-order valence-electron chi connectivity index (χ2n) is 4.55. The first kappa shape index (κ1) is 15.8. The van der Waals surface area contributed by atoms with Gasteiger partial charge in [0.25, 0.3) is 0 Å². The fraction of sp³-hybridized carbons (Fsp3) is 0.250. The second kappa shape index (κ2) is 7.43. The first-order valence-corrected chi connectivity index (χ1v) is 7.37. The molecule has 0 saturated carbocycles. The van der Waals surface area contributed by atoms with Gasteiger partial charge in [-0.1, -0.05) is 6.07 Å². The standard InChI is InChI=1S/C16H17BrFNO2/c1-20-13-3-5-16(12(9-13)6-7-19)21-10-11-2-4-15(18)14(17)8-11/h2-5,8-9H,6-7,10,19H2,1H3.